The number of amides is 1. The SMILES string of the molecule is CCOc1ccc(NC(=O)CN2CCN(c3nc(C(C)(C)C)ns3)CC2)cc1. The average Bonchev–Trinajstić information content (AvgIpc) is 3.15. The second kappa shape index (κ2) is 8.87. The van der Waals surface area contributed by atoms with Crippen LogP contribution in [0.15, 0.2) is 24.3 Å². The molecule has 2 aromatic rings. The van der Waals surface area contributed by atoms with E-state index < -0.39 is 0 Å². The maximum atomic E-state index is 12.3. The Kier molecular flexibility index (Phi) is 6.51. The summed E-state index contributed by atoms with van der Waals surface area (Å²) in [4.78, 5) is 21.5. The molecule has 0 saturated carbocycles. The van der Waals surface area contributed by atoms with E-state index in [1.807, 2.05) is 31.2 Å². The van der Waals surface area contributed by atoms with Crippen molar-refractivity contribution >= 4 is 28.3 Å². The minimum Gasteiger partial charge on any atom is -0.494 e. The first kappa shape index (κ1) is 20.5. The molecule has 0 unspecified atom stereocenters. The average molecular weight is 404 g/mol. The van der Waals surface area contributed by atoms with Gasteiger partial charge in [-0.3, -0.25) is 9.69 Å². The zero-order chi connectivity index (χ0) is 20.1. The number of piperazine rings is 1. The van der Waals surface area contributed by atoms with Gasteiger partial charge in [-0.05, 0) is 31.2 Å². The largest absolute Gasteiger partial charge is 0.494 e. The number of aromatic nitrogens is 2. The number of rotatable bonds is 6. The maximum Gasteiger partial charge on any atom is 0.238 e. The number of benzene rings is 1. The summed E-state index contributed by atoms with van der Waals surface area (Å²) in [5, 5.41) is 3.93. The second-order valence-corrected chi connectivity index (χ2v) is 8.65. The molecule has 1 aliphatic heterocycles. The highest BCUT2D eigenvalue weighted by atomic mass is 32.1. The molecule has 1 saturated heterocycles. The number of carbonyl (C=O) groups excluding carboxylic acids is 1. The van der Waals surface area contributed by atoms with Gasteiger partial charge in [0.05, 0.1) is 13.2 Å². The van der Waals surface area contributed by atoms with Crippen molar-refractivity contribution < 1.29 is 9.53 Å². The summed E-state index contributed by atoms with van der Waals surface area (Å²) in [6.07, 6.45) is 0. The summed E-state index contributed by atoms with van der Waals surface area (Å²) < 4.78 is 9.92. The molecule has 28 heavy (non-hydrogen) atoms. The maximum absolute atomic E-state index is 12.3. The monoisotopic (exact) mass is 403 g/mol. The van der Waals surface area contributed by atoms with E-state index in [0.29, 0.717) is 13.2 Å². The molecule has 7 nitrogen and oxygen atoms in total. The van der Waals surface area contributed by atoms with E-state index in [4.69, 9.17) is 9.72 Å². The molecule has 3 rings (SSSR count). The van der Waals surface area contributed by atoms with E-state index in [1.165, 1.54) is 11.5 Å². The van der Waals surface area contributed by atoms with Gasteiger partial charge in [-0.25, -0.2) is 4.98 Å². The molecule has 1 N–H and O–H groups in total. The number of hydrogen-bond donors (Lipinski definition) is 1. The van der Waals surface area contributed by atoms with Gasteiger partial charge in [0.2, 0.25) is 11.0 Å². The fourth-order valence-electron chi connectivity index (χ4n) is 2.95. The van der Waals surface area contributed by atoms with Gasteiger partial charge in [-0.2, -0.15) is 4.37 Å². The van der Waals surface area contributed by atoms with Crippen LogP contribution in [0.3, 0.4) is 0 Å². The molecule has 1 aliphatic rings. The highest BCUT2D eigenvalue weighted by Crippen LogP contribution is 2.26. The Balaban J connectivity index is 1.46. The molecule has 0 spiro atoms. The lowest BCUT2D eigenvalue weighted by atomic mass is 9.96. The Labute approximate surface area is 170 Å². The molecule has 1 amide bonds. The predicted molar refractivity (Wildman–Crippen MR) is 114 cm³/mol. The van der Waals surface area contributed by atoms with E-state index >= 15 is 0 Å². The van der Waals surface area contributed by atoms with Crippen LogP contribution in [-0.2, 0) is 10.2 Å². The third-order valence-electron chi connectivity index (χ3n) is 4.55. The summed E-state index contributed by atoms with van der Waals surface area (Å²) in [5.74, 6) is 1.70. The van der Waals surface area contributed by atoms with E-state index in [0.717, 1.165) is 48.6 Å². The van der Waals surface area contributed by atoms with Gasteiger partial charge in [0.25, 0.3) is 0 Å². The van der Waals surface area contributed by atoms with Crippen molar-refractivity contribution in [3.8, 4) is 5.75 Å². The molecular weight excluding hydrogens is 374 g/mol. The van der Waals surface area contributed by atoms with E-state index in [1.54, 1.807) is 0 Å². The van der Waals surface area contributed by atoms with Crippen LogP contribution in [0.4, 0.5) is 10.8 Å². The van der Waals surface area contributed by atoms with Crippen molar-refractivity contribution in [3.63, 3.8) is 0 Å². The molecule has 152 valence electrons. The molecule has 1 aromatic heterocycles. The molecular formula is C20H29N5O2S. The predicted octanol–water partition coefficient (Wildman–Crippen LogP) is 3.00. The lowest BCUT2D eigenvalue weighted by Crippen LogP contribution is -2.48. The number of nitrogens with zero attached hydrogens (tertiary/aromatic N) is 4. The number of anilines is 2. The molecule has 0 bridgehead atoms. The minimum atomic E-state index is -0.0322. The number of ether oxygens (including phenoxy) is 1. The van der Waals surface area contributed by atoms with Gasteiger partial charge in [-0.15, -0.1) is 0 Å². The van der Waals surface area contributed by atoms with Gasteiger partial charge in [-0.1, -0.05) is 20.8 Å². The van der Waals surface area contributed by atoms with Crippen LogP contribution in [0.1, 0.15) is 33.5 Å². The van der Waals surface area contributed by atoms with Crippen molar-refractivity contribution in [2.45, 2.75) is 33.1 Å². The standard InChI is InChI=1S/C20H29N5O2S/c1-5-27-16-8-6-15(7-9-16)21-17(26)14-24-10-12-25(13-11-24)19-22-18(23-28-19)20(2,3)4/h6-9H,5,10-14H2,1-4H3,(H,21,26). The number of nitrogens with one attached hydrogen (secondary N) is 1. The van der Waals surface area contributed by atoms with Gasteiger partial charge >= 0.3 is 0 Å². The molecule has 1 fully saturated rings. The third kappa shape index (κ3) is 5.42. The zero-order valence-corrected chi connectivity index (χ0v) is 17.9. The Morgan fingerprint density at radius 1 is 1.18 bits per heavy atom. The Bertz CT molecular complexity index is 777. The van der Waals surface area contributed by atoms with Crippen LogP contribution in [0.25, 0.3) is 0 Å². The number of hydrogen-bond acceptors (Lipinski definition) is 7. The van der Waals surface area contributed by atoms with Crippen molar-refractivity contribution in [2.24, 2.45) is 0 Å². The van der Waals surface area contributed by atoms with Crippen LogP contribution >= 0.6 is 11.5 Å². The van der Waals surface area contributed by atoms with Crippen LogP contribution in [-0.4, -0.2) is 59.5 Å². The Morgan fingerprint density at radius 2 is 1.86 bits per heavy atom. The van der Waals surface area contributed by atoms with Gasteiger partial charge in [0.1, 0.15) is 11.6 Å². The van der Waals surface area contributed by atoms with Crippen LogP contribution in [0, 0.1) is 0 Å². The summed E-state index contributed by atoms with van der Waals surface area (Å²) in [5.41, 5.74) is 0.755. The van der Waals surface area contributed by atoms with Crippen LogP contribution < -0.4 is 15.0 Å². The first-order valence-corrected chi connectivity index (χ1v) is 10.5. The topological polar surface area (TPSA) is 70.6 Å². The lowest BCUT2D eigenvalue weighted by molar-refractivity contribution is -0.117. The normalized spacial score (nSPS) is 15.5. The van der Waals surface area contributed by atoms with E-state index in [2.05, 4.69) is 40.3 Å². The molecule has 1 aromatic carbocycles. The van der Waals surface area contributed by atoms with Gasteiger partial charge in [0.15, 0.2) is 0 Å². The van der Waals surface area contributed by atoms with E-state index in [-0.39, 0.29) is 11.3 Å². The molecule has 2 heterocycles. The first-order valence-electron chi connectivity index (χ1n) is 9.69. The zero-order valence-electron chi connectivity index (χ0n) is 17.1. The molecule has 8 heteroatoms. The summed E-state index contributed by atoms with van der Waals surface area (Å²) >= 11 is 1.46. The second-order valence-electron chi connectivity index (χ2n) is 7.92. The third-order valence-corrected chi connectivity index (χ3v) is 5.32. The smallest absolute Gasteiger partial charge is 0.238 e. The summed E-state index contributed by atoms with van der Waals surface area (Å²) in [7, 11) is 0. The van der Waals surface area contributed by atoms with Crippen LogP contribution in [0.2, 0.25) is 0 Å². The van der Waals surface area contributed by atoms with Crippen molar-refractivity contribution in [3.05, 3.63) is 30.1 Å². The van der Waals surface area contributed by atoms with Crippen molar-refractivity contribution in [2.75, 3.05) is 49.5 Å². The summed E-state index contributed by atoms with van der Waals surface area (Å²) in [6, 6.07) is 7.46. The van der Waals surface area contributed by atoms with Crippen molar-refractivity contribution in [1.82, 2.24) is 14.3 Å². The molecule has 0 radical (unpaired) electrons. The summed E-state index contributed by atoms with van der Waals surface area (Å²) in [6.45, 7) is 12.7. The Hall–Kier alpha value is -2.19. The van der Waals surface area contributed by atoms with Gasteiger partial charge < -0.3 is 15.0 Å². The number of carbonyl (C=O) groups is 1. The Morgan fingerprint density at radius 3 is 2.43 bits per heavy atom. The minimum absolute atomic E-state index is 0.00328. The van der Waals surface area contributed by atoms with Crippen LogP contribution in [0.5, 0.6) is 5.75 Å². The highest BCUT2D eigenvalue weighted by Gasteiger charge is 2.24. The highest BCUT2D eigenvalue weighted by molar-refractivity contribution is 7.09. The fourth-order valence-corrected chi connectivity index (χ4v) is 3.86. The van der Waals surface area contributed by atoms with E-state index in [9.17, 15) is 4.79 Å². The molecule has 0 atom stereocenters. The van der Waals surface area contributed by atoms with Crippen molar-refractivity contribution in [1.29, 1.82) is 0 Å². The quantitative estimate of drug-likeness (QED) is 0.800. The molecule has 0 aliphatic carbocycles. The fraction of sp³-hybridized carbons (Fsp3) is 0.550. The first-order chi connectivity index (χ1) is 13.3. The lowest BCUT2D eigenvalue weighted by Gasteiger charge is -2.33. The van der Waals surface area contributed by atoms with Gasteiger partial charge in [0, 0.05) is 48.8 Å².